The van der Waals surface area contributed by atoms with Crippen LogP contribution in [-0.2, 0) is 11.2 Å². The van der Waals surface area contributed by atoms with Gasteiger partial charge in [-0.1, -0.05) is 0 Å². The second-order valence-corrected chi connectivity index (χ2v) is 6.63. The molecule has 1 saturated heterocycles. The molecule has 0 radical (unpaired) electrons. The molecule has 3 rings (SSSR count). The molecule has 0 bridgehead atoms. The van der Waals surface area contributed by atoms with Crippen molar-refractivity contribution in [2.75, 3.05) is 39.3 Å². The molecule has 20 heavy (non-hydrogen) atoms. The van der Waals surface area contributed by atoms with Gasteiger partial charge in [-0.2, -0.15) is 0 Å². The molecule has 1 atom stereocenters. The Kier molecular flexibility index (Phi) is 4.70. The van der Waals surface area contributed by atoms with Crippen LogP contribution >= 0.6 is 11.3 Å². The minimum Gasteiger partial charge on any atom is -0.354 e. The summed E-state index contributed by atoms with van der Waals surface area (Å²) in [4.78, 5) is 16.2. The number of carbonyl (C=O) groups is 1. The molecule has 2 N–H and O–H groups in total. The molecule has 1 unspecified atom stereocenters. The van der Waals surface area contributed by atoms with Crippen LogP contribution in [0.4, 0.5) is 0 Å². The van der Waals surface area contributed by atoms with E-state index in [9.17, 15) is 4.79 Å². The highest BCUT2D eigenvalue weighted by Gasteiger charge is 2.27. The predicted molar refractivity (Wildman–Crippen MR) is 82.3 cm³/mol. The van der Waals surface area contributed by atoms with Crippen molar-refractivity contribution < 1.29 is 4.79 Å². The zero-order valence-corrected chi connectivity index (χ0v) is 12.7. The van der Waals surface area contributed by atoms with Crippen LogP contribution < -0.4 is 10.6 Å². The molecule has 2 heterocycles. The van der Waals surface area contributed by atoms with E-state index in [2.05, 4.69) is 27.0 Å². The summed E-state index contributed by atoms with van der Waals surface area (Å²) in [6, 6.07) is 2.14. The number of nitrogens with zero attached hydrogens (tertiary/aromatic N) is 1. The molecular weight excluding hydrogens is 270 g/mol. The molecule has 1 aromatic rings. The number of amides is 1. The van der Waals surface area contributed by atoms with E-state index in [4.69, 9.17) is 0 Å². The first-order chi connectivity index (χ1) is 9.84. The van der Waals surface area contributed by atoms with Gasteiger partial charge in [-0.3, -0.25) is 9.69 Å². The van der Waals surface area contributed by atoms with Gasteiger partial charge in [0.1, 0.15) is 0 Å². The summed E-state index contributed by atoms with van der Waals surface area (Å²) in [5.74, 6) is 0.313. The van der Waals surface area contributed by atoms with Crippen LogP contribution in [0.5, 0.6) is 0 Å². The van der Waals surface area contributed by atoms with Crippen molar-refractivity contribution in [2.24, 2.45) is 0 Å². The first-order valence-corrected chi connectivity index (χ1v) is 8.49. The van der Waals surface area contributed by atoms with E-state index in [1.807, 2.05) is 0 Å². The standard InChI is InChI=1S/C15H23N3OS/c19-15(17-7-10-18-8-5-16-6-9-18)13-2-1-3-14-12(13)4-11-20-14/h4,11,13,16H,1-3,5-10H2,(H,17,19). The third-order valence-electron chi connectivity index (χ3n) is 4.31. The number of piperazine rings is 1. The summed E-state index contributed by atoms with van der Waals surface area (Å²) in [6.45, 7) is 6.05. The second kappa shape index (κ2) is 6.70. The minimum atomic E-state index is 0.0908. The lowest BCUT2D eigenvalue weighted by Gasteiger charge is -2.27. The van der Waals surface area contributed by atoms with E-state index in [0.29, 0.717) is 0 Å². The van der Waals surface area contributed by atoms with Crippen LogP contribution in [0, 0.1) is 0 Å². The first kappa shape index (κ1) is 14.0. The molecule has 1 amide bonds. The number of aryl methyl sites for hydroxylation is 1. The fourth-order valence-electron chi connectivity index (χ4n) is 3.15. The van der Waals surface area contributed by atoms with Gasteiger partial charge in [0.2, 0.25) is 5.91 Å². The molecule has 110 valence electrons. The van der Waals surface area contributed by atoms with Crippen LogP contribution in [0.25, 0.3) is 0 Å². The summed E-state index contributed by atoms with van der Waals surface area (Å²) in [6.07, 6.45) is 3.30. The molecule has 1 aromatic heterocycles. The monoisotopic (exact) mass is 293 g/mol. The van der Waals surface area contributed by atoms with Crippen LogP contribution in [0.3, 0.4) is 0 Å². The second-order valence-electron chi connectivity index (χ2n) is 5.63. The van der Waals surface area contributed by atoms with Gasteiger partial charge in [0.15, 0.2) is 0 Å². The van der Waals surface area contributed by atoms with E-state index >= 15 is 0 Å². The van der Waals surface area contributed by atoms with Crippen LogP contribution in [-0.4, -0.2) is 50.1 Å². The van der Waals surface area contributed by atoms with Gasteiger partial charge < -0.3 is 10.6 Å². The van der Waals surface area contributed by atoms with Gasteiger partial charge >= 0.3 is 0 Å². The molecule has 2 aliphatic rings. The highest BCUT2D eigenvalue weighted by atomic mass is 32.1. The van der Waals surface area contributed by atoms with Crippen molar-refractivity contribution >= 4 is 17.2 Å². The maximum absolute atomic E-state index is 12.4. The van der Waals surface area contributed by atoms with Crippen LogP contribution in [0.2, 0.25) is 0 Å². The Balaban J connectivity index is 1.48. The molecular formula is C15H23N3OS. The average Bonchev–Trinajstić information content (AvgIpc) is 2.96. The van der Waals surface area contributed by atoms with E-state index in [-0.39, 0.29) is 11.8 Å². The molecule has 4 nitrogen and oxygen atoms in total. The van der Waals surface area contributed by atoms with Crippen molar-refractivity contribution in [3.63, 3.8) is 0 Å². The average molecular weight is 293 g/mol. The zero-order chi connectivity index (χ0) is 13.8. The van der Waals surface area contributed by atoms with Gasteiger partial charge in [-0.25, -0.2) is 0 Å². The molecule has 5 heteroatoms. The highest BCUT2D eigenvalue weighted by Crippen LogP contribution is 2.34. The van der Waals surface area contributed by atoms with Gasteiger partial charge in [-0.15, -0.1) is 11.3 Å². The molecule has 0 aromatic carbocycles. The van der Waals surface area contributed by atoms with Gasteiger partial charge in [-0.05, 0) is 36.3 Å². The number of rotatable bonds is 4. The highest BCUT2D eigenvalue weighted by molar-refractivity contribution is 7.10. The topological polar surface area (TPSA) is 44.4 Å². The Labute approximate surface area is 124 Å². The number of hydrogen-bond acceptors (Lipinski definition) is 4. The fourth-order valence-corrected chi connectivity index (χ4v) is 4.14. The summed E-state index contributed by atoms with van der Waals surface area (Å²) in [7, 11) is 0. The molecule has 1 aliphatic carbocycles. The Morgan fingerprint density at radius 3 is 3.15 bits per heavy atom. The van der Waals surface area contributed by atoms with Crippen molar-refractivity contribution in [3.8, 4) is 0 Å². The lowest BCUT2D eigenvalue weighted by atomic mass is 9.87. The Morgan fingerprint density at radius 2 is 2.30 bits per heavy atom. The lowest BCUT2D eigenvalue weighted by molar-refractivity contribution is -0.122. The summed E-state index contributed by atoms with van der Waals surface area (Å²) in [5.41, 5.74) is 1.28. The summed E-state index contributed by atoms with van der Waals surface area (Å²) < 4.78 is 0. The number of hydrogen-bond donors (Lipinski definition) is 2. The van der Waals surface area contributed by atoms with E-state index in [0.717, 1.165) is 58.5 Å². The fraction of sp³-hybridized carbons (Fsp3) is 0.667. The lowest BCUT2D eigenvalue weighted by Crippen LogP contribution is -2.46. The maximum atomic E-state index is 12.4. The first-order valence-electron chi connectivity index (χ1n) is 7.61. The van der Waals surface area contributed by atoms with Crippen LogP contribution in [0.15, 0.2) is 11.4 Å². The Bertz CT molecular complexity index is 454. The van der Waals surface area contributed by atoms with Crippen molar-refractivity contribution in [2.45, 2.75) is 25.2 Å². The molecule has 1 fully saturated rings. The smallest absolute Gasteiger partial charge is 0.227 e. The van der Waals surface area contributed by atoms with E-state index in [1.165, 1.54) is 10.4 Å². The van der Waals surface area contributed by atoms with E-state index in [1.54, 1.807) is 11.3 Å². The van der Waals surface area contributed by atoms with Gasteiger partial charge in [0.05, 0.1) is 5.92 Å². The molecule has 0 saturated carbocycles. The maximum Gasteiger partial charge on any atom is 0.227 e. The minimum absolute atomic E-state index is 0.0908. The number of fused-ring (bicyclic) bond motifs is 1. The third-order valence-corrected chi connectivity index (χ3v) is 5.30. The normalized spacial score (nSPS) is 23.3. The summed E-state index contributed by atoms with van der Waals surface area (Å²) in [5, 5.41) is 8.60. The number of nitrogens with one attached hydrogen (secondary N) is 2. The number of carbonyl (C=O) groups excluding carboxylic acids is 1. The zero-order valence-electron chi connectivity index (χ0n) is 11.9. The van der Waals surface area contributed by atoms with E-state index < -0.39 is 0 Å². The Hall–Kier alpha value is -0.910. The number of thiophene rings is 1. The molecule has 1 aliphatic heterocycles. The predicted octanol–water partition coefficient (Wildman–Crippen LogP) is 1.19. The largest absolute Gasteiger partial charge is 0.354 e. The van der Waals surface area contributed by atoms with Crippen molar-refractivity contribution in [3.05, 3.63) is 21.9 Å². The van der Waals surface area contributed by atoms with Crippen molar-refractivity contribution in [1.82, 2.24) is 15.5 Å². The molecule has 0 spiro atoms. The summed E-state index contributed by atoms with van der Waals surface area (Å²) >= 11 is 1.80. The van der Waals surface area contributed by atoms with Crippen molar-refractivity contribution in [1.29, 1.82) is 0 Å². The van der Waals surface area contributed by atoms with Gasteiger partial charge in [0.25, 0.3) is 0 Å². The SMILES string of the molecule is O=C(NCCN1CCNCC1)C1CCCc2sccc21. The Morgan fingerprint density at radius 1 is 1.45 bits per heavy atom. The quantitative estimate of drug-likeness (QED) is 0.876. The third kappa shape index (κ3) is 3.22. The van der Waals surface area contributed by atoms with Gasteiger partial charge in [0, 0.05) is 44.1 Å². The van der Waals surface area contributed by atoms with Crippen LogP contribution in [0.1, 0.15) is 29.2 Å².